The number of rotatable bonds is 7. The lowest BCUT2D eigenvalue weighted by atomic mass is 9.85. The van der Waals surface area contributed by atoms with Crippen LogP contribution in [0.5, 0.6) is 6.01 Å². The van der Waals surface area contributed by atoms with Gasteiger partial charge in [0.1, 0.15) is 11.9 Å². The quantitative estimate of drug-likeness (QED) is 0.551. The number of aromatic nitrogens is 4. The Balaban J connectivity index is 1.20. The highest BCUT2D eigenvalue weighted by Crippen LogP contribution is 2.56. The van der Waals surface area contributed by atoms with E-state index >= 15 is 0 Å². The summed E-state index contributed by atoms with van der Waals surface area (Å²) in [5, 5.41) is 3.94. The van der Waals surface area contributed by atoms with E-state index < -0.39 is 0 Å². The van der Waals surface area contributed by atoms with Gasteiger partial charge in [0, 0.05) is 32.7 Å². The molecule has 0 unspecified atom stereocenters. The molecule has 2 aliphatic rings. The lowest BCUT2D eigenvalue weighted by Crippen LogP contribution is -2.25. The Bertz CT molecular complexity index is 1120. The van der Waals surface area contributed by atoms with Gasteiger partial charge >= 0.3 is 6.01 Å². The zero-order chi connectivity index (χ0) is 22.8. The van der Waals surface area contributed by atoms with Gasteiger partial charge in [-0.15, -0.1) is 0 Å². The van der Waals surface area contributed by atoms with E-state index in [4.69, 9.17) is 4.74 Å². The molecule has 9 heteroatoms. The third-order valence-electron chi connectivity index (χ3n) is 6.53. The molecule has 3 heterocycles. The van der Waals surface area contributed by atoms with Gasteiger partial charge < -0.3 is 15.0 Å². The smallest absolute Gasteiger partial charge is 0.317 e. The van der Waals surface area contributed by atoms with Crippen LogP contribution in [0.4, 0.5) is 10.9 Å². The number of thiazole rings is 1. The van der Waals surface area contributed by atoms with Gasteiger partial charge in [0.15, 0.2) is 5.13 Å². The Morgan fingerprint density at radius 2 is 1.94 bits per heavy atom. The number of nitrogens with one attached hydrogen (secondary N) is 1. The van der Waals surface area contributed by atoms with Crippen LogP contribution >= 0.6 is 11.3 Å². The topological polar surface area (TPSA) is 93.1 Å². The molecule has 5 rings (SSSR count). The summed E-state index contributed by atoms with van der Waals surface area (Å²) in [7, 11) is 3.49. The van der Waals surface area contributed by atoms with Crippen molar-refractivity contribution in [1.82, 2.24) is 24.8 Å². The van der Waals surface area contributed by atoms with Crippen LogP contribution in [0, 0.1) is 5.41 Å². The predicted octanol–water partition coefficient (Wildman–Crippen LogP) is 4.47. The van der Waals surface area contributed by atoms with Crippen molar-refractivity contribution in [1.29, 1.82) is 0 Å². The highest BCUT2D eigenvalue weighted by Gasteiger charge is 2.45. The Morgan fingerprint density at radius 3 is 2.64 bits per heavy atom. The van der Waals surface area contributed by atoms with Gasteiger partial charge in [-0.2, -0.15) is 4.98 Å². The number of likely N-dealkylation sites (N-methyl/N-ethyl adjacent to an activating group) is 1. The highest BCUT2D eigenvalue weighted by atomic mass is 32.1. The second-order valence-electron chi connectivity index (χ2n) is 9.21. The van der Waals surface area contributed by atoms with Crippen LogP contribution in [-0.4, -0.2) is 50.9 Å². The van der Waals surface area contributed by atoms with Crippen LogP contribution in [0.15, 0.2) is 36.8 Å². The van der Waals surface area contributed by atoms with Gasteiger partial charge in [0.05, 0.1) is 17.0 Å². The minimum atomic E-state index is 0.0468. The third kappa shape index (κ3) is 5.30. The van der Waals surface area contributed by atoms with Crippen LogP contribution in [0.2, 0.25) is 0 Å². The van der Waals surface area contributed by atoms with Crippen LogP contribution in [-0.2, 0) is 11.2 Å². The zero-order valence-corrected chi connectivity index (χ0v) is 19.8. The third-order valence-corrected chi connectivity index (χ3v) is 7.46. The molecule has 2 aliphatic carbocycles. The number of nitrogens with zero attached hydrogens (tertiary/aromatic N) is 5. The average molecular weight is 465 g/mol. The molecule has 2 fully saturated rings. The SMILES string of the molecule is CN(C)C(=O)Cc1ccc(Nc2ncc(-c3ccnc(OC4CCC5(CC4)CC5)n3)s2)nc1. The van der Waals surface area contributed by atoms with Crippen LogP contribution in [0.3, 0.4) is 0 Å². The summed E-state index contributed by atoms with van der Waals surface area (Å²) in [5.74, 6) is 0.722. The van der Waals surface area contributed by atoms with Crippen LogP contribution in [0.25, 0.3) is 10.6 Å². The number of pyridine rings is 1. The van der Waals surface area contributed by atoms with E-state index in [0.717, 1.165) is 34.1 Å². The van der Waals surface area contributed by atoms with Gasteiger partial charge in [-0.3, -0.25) is 4.79 Å². The molecule has 8 nitrogen and oxygen atoms in total. The fourth-order valence-corrected chi connectivity index (χ4v) is 4.97. The summed E-state index contributed by atoms with van der Waals surface area (Å²) in [5.41, 5.74) is 2.32. The van der Waals surface area contributed by atoms with E-state index in [1.54, 1.807) is 37.6 Å². The lowest BCUT2D eigenvalue weighted by Gasteiger charge is -2.28. The Hall–Kier alpha value is -3.07. The summed E-state index contributed by atoms with van der Waals surface area (Å²) in [6.07, 6.45) is 13.3. The van der Waals surface area contributed by atoms with Gasteiger partial charge in [0.2, 0.25) is 5.91 Å². The van der Waals surface area contributed by atoms with Crippen molar-refractivity contribution in [3.05, 3.63) is 42.4 Å². The summed E-state index contributed by atoms with van der Waals surface area (Å²) in [6, 6.07) is 6.07. The van der Waals surface area contributed by atoms with E-state index in [9.17, 15) is 4.79 Å². The number of hydrogen-bond acceptors (Lipinski definition) is 8. The molecule has 33 heavy (non-hydrogen) atoms. The summed E-state index contributed by atoms with van der Waals surface area (Å²) in [4.78, 5) is 32.1. The Morgan fingerprint density at radius 1 is 1.12 bits per heavy atom. The first kappa shape index (κ1) is 21.8. The lowest BCUT2D eigenvalue weighted by molar-refractivity contribution is -0.127. The number of hydrogen-bond donors (Lipinski definition) is 1. The van der Waals surface area contributed by atoms with Crippen molar-refractivity contribution in [3.63, 3.8) is 0 Å². The van der Waals surface area contributed by atoms with Crippen molar-refractivity contribution in [2.24, 2.45) is 5.41 Å². The monoisotopic (exact) mass is 464 g/mol. The molecule has 0 atom stereocenters. The minimum Gasteiger partial charge on any atom is -0.460 e. The zero-order valence-electron chi connectivity index (χ0n) is 19.0. The number of carbonyl (C=O) groups excluding carboxylic acids is 1. The number of ether oxygens (including phenoxy) is 1. The molecular weight excluding hydrogens is 436 g/mol. The van der Waals surface area contributed by atoms with Gasteiger partial charge in [-0.05, 0) is 61.6 Å². The first-order valence-corrected chi connectivity index (χ1v) is 12.2. The summed E-state index contributed by atoms with van der Waals surface area (Å²) >= 11 is 1.49. The van der Waals surface area contributed by atoms with Crippen molar-refractivity contribution in [2.75, 3.05) is 19.4 Å². The fourth-order valence-electron chi connectivity index (χ4n) is 4.18. The second kappa shape index (κ2) is 9.05. The molecule has 3 aromatic heterocycles. The van der Waals surface area contributed by atoms with Crippen molar-refractivity contribution < 1.29 is 9.53 Å². The second-order valence-corrected chi connectivity index (χ2v) is 10.2. The Kier molecular flexibility index (Phi) is 5.97. The first-order chi connectivity index (χ1) is 16.0. The van der Waals surface area contributed by atoms with Gasteiger partial charge in [0.25, 0.3) is 0 Å². The Labute approximate surface area is 197 Å². The van der Waals surface area contributed by atoms with Gasteiger partial charge in [-0.1, -0.05) is 17.4 Å². The van der Waals surface area contributed by atoms with Crippen LogP contribution in [0.1, 0.15) is 44.1 Å². The van der Waals surface area contributed by atoms with Crippen molar-refractivity contribution >= 4 is 28.2 Å². The molecule has 1 amide bonds. The predicted molar refractivity (Wildman–Crippen MR) is 128 cm³/mol. The summed E-state index contributed by atoms with van der Waals surface area (Å²) in [6.45, 7) is 0. The van der Waals surface area contributed by atoms with E-state index in [2.05, 4.69) is 25.3 Å². The average Bonchev–Trinajstić information content (AvgIpc) is 3.41. The van der Waals surface area contributed by atoms with E-state index in [-0.39, 0.29) is 12.0 Å². The minimum absolute atomic E-state index is 0.0468. The normalized spacial score (nSPS) is 17.0. The molecule has 172 valence electrons. The summed E-state index contributed by atoms with van der Waals surface area (Å²) < 4.78 is 6.10. The molecule has 1 N–H and O–H groups in total. The van der Waals surface area contributed by atoms with E-state index in [0.29, 0.717) is 23.7 Å². The standard InChI is InChI=1S/C24H28N6O2S/c1-30(2)21(31)13-16-3-4-20(26-14-16)29-23-27-15-19(33-23)18-7-12-25-22(28-18)32-17-5-8-24(9-6-17)10-11-24/h3-4,7,12,14-15,17H,5-6,8-11,13H2,1-2H3,(H,26,27,29). The maximum atomic E-state index is 11.8. The molecule has 2 saturated carbocycles. The van der Waals surface area contributed by atoms with Crippen molar-refractivity contribution in [3.8, 4) is 16.6 Å². The molecule has 1 spiro atoms. The molecule has 0 aromatic carbocycles. The van der Waals surface area contributed by atoms with Crippen molar-refractivity contribution in [2.45, 2.75) is 51.0 Å². The largest absolute Gasteiger partial charge is 0.460 e. The molecule has 3 aromatic rings. The molecule has 0 saturated heterocycles. The number of amides is 1. The maximum Gasteiger partial charge on any atom is 0.317 e. The maximum absolute atomic E-state index is 11.8. The molecule has 0 radical (unpaired) electrons. The van der Waals surface area contributed by atoms with Crippen LogP contribution < -0.4 is 10.1 Å². The fraction of sp³-hybridized carbons (Fsp3) is 0.458. The molecule has 0 bridgehead atoms. The van der Waals surface area contributed by atoms with Gasteiger partial charge in [-0.25, -0.2) is 15.0 Å². The molecular formula is C24H28N6O2S. The molecule has 0 aliphatic heterocycles. The number of carbonyl (C=O) groups is 1. The number of anilines is 2. The first-order valence-electron chi connectivity index (χ1n) is 11.4. The van der Waals surface area contributed by atoms with E-state index in [1.165, 1.54) is 37.0 Å². The highest BCUT2D eigenvalue weighted by molar-refractivity contribution is 7.18. The van der Waals surface area contributed by atoms with E-state index in [1.807, 2.05) is 18.2 Å².